The monoisotopic (exact) mass is 171 g/mol. The number of rotatable bonds is 0. The van der Waals surface area contributed by atoms with E-state index in [4.69, 9.17) is 5.11 Å². The fourth-order valence-corrected chi connectivity index (χ4v) is 2.46. The fraction of sp³-hybridized carbons (Fsp3) is 0.875. The molecule has 2 saturated heterocycles. The zero-order valence-corrected chi connectivity index (χ0v) is 6.81. The van der Waals surface area contributed by atoms with Crippen molar-refractivity contribution in [1.29, 1.82) is 0 Å². The number of aliphatic hydroxyl groups excluding tert-OH is 1. The number of nitrogens with zero attached hydrogens (tertiary/aromatic N) is 1. The van der Waals surface area contributed by atoms with Crippen LogP contribution in [0.5, 0.6) is 0 Å². The molecule has 2 fully saturated rings. The molecule has 2 aliphatic heterocycles. The summed E-state index contributed by atoms with van der Waals surface area (Å²) in [5.41, 5.74) is 0. The lowest BCUT2D eigenvalue weighted by Gasteiger charge is -2.34. The number of carbonyl (C=O) groups is 1. The molecule has 3 atom stereocenters. The second-order valence-corrected chi connectivity index (χ2v) is 3.70. The first-order valence-electron chi connectivity index (χ1n) is 4.38. The Kier molecular flexibility index (Phi) is 1.72. The molecule has 2 rings (SSSR count). The van der Waals surface area contributed by atoms with Crippen LogP contribution in [-0.4, -0.2) is 39.4 Å². The largest absolute Gasteiger partial charge is 0.465 e. The van der Waals surface area contributed by atoms with Gasteiger partial charge in [0, 0.05) is 12.1 Å². The predicted molar refractivity (Wildman–Crippen MR) is 41.9 cm³/mol. The van der Waals surface area contributed by atoms with Gasteiger partial charge in [0.1, 0.15) is 0 Å². The molecule has 2 bridgehead atoms. The molecular formula is C8H13NO3. The molecule has 2 aliphatic rings. The van der Waals surface area contributed by atoms with E-state index < -0.39 is 6.09 Å². The lowest BCUT2D eigenvalue weighted by Crippen LogP contribution is -2.47. The minimum absolute atomic E-state index is 0.0799. The maximum absolute atomic E-state index is 10.8. The molecule has 4 nitrogen and oxygen atoms in total. The van der Waals surface area contributed by atoms with Crippen LogP contribution in [0.25, 0.3) is 0 Å². The van der Waals surface area contributed by atoms with E-state index in [1.165, 1.54) is 4.90 Å². The molecule has 0 unspecified atom stereocenters. The average Bonchev–Trinajstić information content (AvgIpc) is 2.24. The Morgan fingerprint density at radius 3 is 2.17 bits per heavy atom. The molecule has 4 heteroatoms. The number of piperidine rings is 1. The van der Waals surface area contributed by atoms with E-state index >= 15 is 0 Å². The zero-order chi connectivity index (χ0) is 8.72. The normalized spacial score (nSPS) is 40.1. The molecule has 1 amide bonds. The van der Waals surface area contributed by atoms with Gasteiger partial charge in [0.25, 0.3) is 0 Å². The quantitative estimate of drug-likeness (QED) is 0.562. The second kappa shape index (κ2) is 2.62. The van der Waals surface area contributed by atoms with E-state index in [-0.39, 0.29) is 18.2 Å². The summed E-state index contributed by atoms with van der Waals surface area (Å²) < 4.78 is 0. The van der Waals surface area contributed by atoms with Crippen LogP contribution in [0.4, 0.5) is 4.79 Å². The molecule has 0 aromatic heterocycles. The van der Waals surface area contributed by atoms with Crippen molar-refractivity contribution in [2.24, 2.45) is 0 Å². The topological polar surface area (TPSA) is 60.8 Å². The summed E-state index contributed by atoms with van der Waals surface area (Å²) in [4.78, 5) is 12.3. The SMILES string of the molecule is O=C(O)N1[C@@H]2CC[C@H]1C[C@@H](O)C2. The van der Waals surface area contributed by atoms with Crippen LogP contribution < -0.4 is 0 Å². The van der Waals surface area contributed by atoms with Crippen molar-refractivity contribution in [3.63, 3.8) is 0 Å². The maximum atomic E-state index is 10.8. The van der Waals surface area contributed by atoms with Gasteiger partial charge < -0.3 is 15.1 Å². The summed E-state index contributed by atoms with van der Waals surface area (Å²) in [5.74, 6) is 0. The molecule has 0 radical (unpaired) electrons. The van der Waals surface area contributed by atoms with Crippen molar-refractivity contribution >= 4 is 6.09 Å². The number of fused-ring (bicyclic) bond motifs is 2. The number of hydrogen-bond donors (Lipinski definition) is 2. The summed E-state index contributed by atoms with van der Waals surface area (Å²) in [6.07, 6.45) is 2.00. The summed E-state index contributed by atoms with van der Waals surface area (Å²) in [6.45, 7) is 0. The zero-order valence-electron chi connectivity index (χ0n) is 6.81. The lowest BCUT2D eigenvalue weighted by atomic mass is 10.0. The Bertz CT molecular complexity index is 192. The van der Waals surface area contributed by atoms with Crippen LogP contribution >= 0.6 is 0 Å². The number of aliphatic hydroxyl groups is 1. The third-order valence-corrected chi connectivity index (χ3v) is 2.93. The van der Waals surface area contributed by atoms with Gasteiger partial charge in [0.2, 0.25) is 0 Å². The van der Waals surface area contributed by atoms with Gasteiger partial charge in [-0.1, -0.05) is 0 Å². The Hall–Kier alpha value is -0.770. The molecule has 0 aliphatic carbocycles. The average molecular weight is 171 g/mol. The highest BCUT2D eigenvalue weighted by Gasteiger charge is 2.42. The highest BCUT2D eigenvalue weighted by atomic mass is 16.4. The molecule has 68 valence electrons. The van der Waals surface area contributed by atoms with E-state index in [1.54, 1.807) is 0 Å². The third-order valence-electron chi connectivity index (χ3n) is 2.93. The van der Waals surface area contributed by atoms with E-state index in [0.29, 0.717) is 12.8 Å². The third kappa shape index (κ3) is 1.06. The van der Waals surface area contributed by atoms with Gasteiger partial charge in [-0.2, -0.15) is 0 Å². The van der Waals surface area contributed by atoms with Crippen LogP contribution in [0.15, 0.2) is 0 Å². The second-order valence-electron chi connectivity index (χ2n) is 3.70. The highest BCUT2D eigenvalue weighted by Crippen LogP contribution is 2.35. The molecule has 12 heavy (non-hydrogen) atoms. The van der Waals surface area contributed by atoms with Crippen molar-refractivity contribution in [1.82, 2.24) is 4.90 Å². The number of hydrogen-bond acceptors (Lipinski definition) is 2. The molecule has 0 saturated carbocycles. The number of amides is 1. The smallest absolute Gasteiger partial charge is 0.407 e. The van der Waals surface area contributed by atoms with Crippen LogP contribution in [0.1, 0.15) is 25.7 Å². The van der Waals surface area contributed by atoms with Crippen LogP contribution in [0, 0.1) is 0 Å². The van der Waals surface area contributed by atoms with Crippen molar-refractivity contribution < 1.29 is 15.0 Å². The molecular weight excluding hydrogens is 158 g/mol. The molecule has 0 aromatic carbocycles. The minimum atomic E-state index is -0.825. The first-order valence-corrected chi connectivity index (χ1v) is 4.38. The maximum Gasteiger partial charge on any atom is 0.407 e. The molecule has 0 aromatic rings. The van der Waals surface area contributed by atoms with Gasteiger partial charge in [0.05, 0.1) is 6.10 Å². The Morgan fingerprint density at radius 1 is 1.25 bits per heavy atom. The first-order chi connectivity index (χ1) is 5.68. The molecule has 0 spiro atoms. The van der Waals surface area contributed by atoms with E-state index in [1.807, 2.05) is 0 Å². The van der Waals surface area contributed by atoms with E-state index in [2.05, 4.69) is 0 Å². The van der Waals surface area contributed by atoms with Gasteiger partial charge in [-0.3, -0.25) is 0 Å². The first kappa shape index (κ1) is 7.86. The van der Waals surface area contributed by atoms with Crippen molar-refractivity contribution in [2.75, 3.05) is 0 Å². The van der Waals surface area contributed by atoms with Gasteiger partial charge in [-0.05, 0) is 25.7 Å². The van der Waals surface area contributed by atoms with Crippen molar-refractivity contribution in [3.8, 4) is 0 Å². The van der Waals surface area contributed by atoms with Gasteiger partial charge in [-0.25, -0.2) is 4.79 Å². The summed E-state index contributed by atoms with van der Waals surface area (Å²) in [7, 11) is 0. The van der Waals surface area contributed by atoms with E-state index in [0.717, 1.165) is 12.8 Å². The molecule has 2 heterocycles. The Balaban J connectivity index is 2.14. The standard InChI is InChI=1S/C8H13NO3/c10-7-3-5-1-2-6(4-7)9(5)8(11)12/h5-7,10H,1-4H2,(H,11,12)/t5-,6+,7+. The van der Waals surface area contributed by atoms with E-state index in [9.17, 15) is 9.90 Å². The van der Waals surface area contributed by atoms with Gasteiger partial charge in [0.15, 0.2) is 0 Å². The van der Waals surface area contributed by atoms with Crippen LogP contribution in [0.3, 0.4) is 0 Å². The number of carboxylic acid groups (broad SMARTS) is 1. The summed E-state index contributed by atoms with van der Waals surface area (Å²) >= 11 is 0. The predicted octanol–water partition coefficient (Wildman–Crippen LogP) is 0.652. The lowest BCUT2D eigenvalue weighted by molar-refractivity contribution is 0.0382. The Labute approximate surface area is 70.8 Å². The van der Waals surface area contributed by atoms with Crippen LogP contribution in [-0.2, 0) is 0 Å². The summed E-state index contributed by atoms with van der Waals surface area (Å²) in [5, 5.41) is 18.2. The highest BCUT2D eigenvalue weighted by molar-refractivity contribution is 5.66. The molecule has 2 N–H and O–H groups in total. The fourth-order valence-electron chi connectivity index (χ4n) is 2.46. The van der Waals surface area contributed by atoms with Crippen LogP contribution in [0.2, 0.25) is 0 Å². The minimum Gasteiger partial charge on any atom is -0.465 e. The van der Waals surface area contributed by atoms with Gasteiger partial charge >= 0.3 is 6.09 Å². The Morgan fingerprint density at radius 2 is 1.75 bits per heavy atom. The van der Waals surface area contributed by atoms with Crippen molar-refractivity contribution in [3.05, 3.63) is 0 Å². The van der Waals surface area contributed by atoms with Gasteiger partial charge in [-0.15, -0.1) is 0 Å². The summed E-state index contributed by atoms with van der Waals surface area (Å²) in [6, 6.07) is 0.160. The van der Waals surface area contributed by atoms with Crippen molar-refractivity contribution in [2.45, 2.75) is 43.9 Å².